The first-order chi connectivity index (χ1) is 14.4. The van der Waals surface area contributed by atoms with Crippen LogP contribution in [0.4, 0.5) is 0 Å². The van der Waals surface area contributed by atoms with E-state index in [1.807, 2.05) is 26.0 Å². The summed E-state index contributed by atoms with van der Waals surface area (Å²) in [5, 5.41) is 11.8. The van der Waals surface area contributed by atoms with Gasteiger partial charge in [0.2, 0.25) is 0 Å². The van der Waals surface area contributed by atoms with Crippen LogP contribution >= 0.6 is 11.6 Å². The van der Waals surface area contributed by atoms with E-state index in [2.05, 4.69) is 4.98 Å². The van der Waals surface area contributed by atoms with Crippen LogP contribution in [0.1, 0.15) is 16.7 Å². The molecular weight excluding hydrogens is 400 g/mol. The van der Waals surface area contributed by atoms with Crippen LogP contribution < -0.4 is 16.0 Å². The molecule has 0 bridgehead atoms. The number of aromatic nitrogens is 1. The van der Waals surface area contributed by atoms with E-state index in [0.29, 0.717) is 39.5 Å². The van der Waals surface area contributed by atoms with Gasteiger partial charge in [-0.25, -0.2) is 0 Å². The van der Waals surface area contributed by atoms with E-state index in [1.54, 1.807) is 42.5 Å². The van der Waals surface area contributed by atoms with Crippen molar-refractivity contribution in [2.75, 3.05) is 0 Å². The second-order valence-electron chi connectivity index (χ2n) is 7.19. The number of aromatic hydroxyl groups is 1. The van der Waals surface area contributed by atoms with Crippen molar-refractivity contribution >= 4 is 22.5 Å². The molecule has 0 aliphatic rings. The lowest BCUT2D eigenvalue weighted by atomic mass is 10.0. The summed E-state index contributed by atoms with van der Waals surface area (Å²) in [5.41, 5.74) is 9.88. The third kappa shape index (κ3) is 3.54. The number of ether oxygens (including phenoxy) is 1. The highest BCUT2D eigenvalue weighted by molar-refractivity contribution is 6.31. The summed E-state index contributed by atoms with van der Waals surface area (Å²) < 4.78 is 6.09. The van der Waals surface area contributed by atoms with Crippen LogP contribution in [0, 0.1) is 13.8 Å². The summed E-state index contributed by atoms with van der Waals surface area (Å²) in [6, 6.07) is 15.9. The summed E-state index contributed by atoms with van der Waals surface area (Å²) in [7, 11) is 0. The van der Waals surface area contributed by atoms with Crippen LogP contribution in [0.2, 0.25) is 5.02 Å². The molecule has 4 aromatic rings. The number of fused-ring (bicyclic) bond motifs is 1. The first kappa shape index (κ1) is 20.0. The van der Waals surface area contributed by atoms with Crippen LogP contribution in [0.3, 0.4) is 0 Å². The minimum absolute atomic E-state index is 0.101. The fourth-order valence-corrected chi connectivity index (χ4v) is 3.73. The lowest BCUT2D eigenvalue weighted by Gasteiger charge is -2.15. The predicted molar refractivity (Wildman–Crippen MR) is 121 cm³/mol. The average molecular weight is 421 g/mol. The average Bonchev–Trinajstić information content (AvgIpc) is 2.71. The van der Waals surface area contributed by atoms with Crippen molar-refractivity contribution in [3.63, 3.8) is 0 Å². The van der Waals surface area contributed by atoms with Crippen LogP contribution in [0.15, 0.2) is 59.4 Å². The van der Waals surface area contributed by atoms with Crippen molar-refractivity contribution in [3.8, 4) is 28.4 Å². The third-order valence-corrected chi connectivity index (χ3v) is 5.56. The highest BCUT2D eigenvalue weighted by atomic mass is 35.5. The molecule has 0 spiro atoms. The summed E-state index contributed by atoms with van der Waals surface area (Å²) in [5.74, 6) is 1.11. The molecule has 0 aliphatic heterocycles. The van der Waals surface area contributed by atoms with Gasteiger partial charge >= 0.3 is 0 Å². The van der Waals surface area contributed by atoms with Gasteiger partial charge in [-0.05, 0) is 66.9 Å². The predicted octanol–water partition coefficient (Wildman–Crippen LogP) is 5.42. The Morgan fingerprint density at radius 3 is 2.67 bits per heavy atom. The number of nitrogens with one attached hydrogen (secondary N) is 1. The number of rotatable bonds is 4. The molecule has 3 aromatic carbocycles. The Morgan fingerprint density at radius 1 is 1.10 bits per heavy atom. The maximum atomic E-state index is 12.7. The summed E-state index contributed by atoms with van der Waals surface area (Å²) in [4.78, 5) is 15.5. The monoisotopic (exact) mass is 420 g/mol. The van der Waals surface area contributed by atoms with Crippen LogP contribution in [0.25, 0.3) is 22.0 Å². The molecule has 0 atom stereocenters. The third-order valence-electron chi connectivity index (χ3n) is 5.33. The number of hydrogen-bond acceptors (Lipinski definition) is 4. The van der Waals surface area contributed by atoms with E-state index in [4.69, 9.17) is 22.1 Å². The van der Waals surface area contributed by atoms with E-state index in [1.165, 1.54) is 0 Å². The fourth-order valence-electron chi connectivity index (χ4n) is 3.56. The SMILES string of the molecule is Cc1ccc(Oc2cccc(-c3c(O)c4ccc(Cl)cc4[nH]c3=O)c2)c(CN)c1C. The van der Waals surface area contributed by atoms with Crippen molar-refractivity contribution in [2.24, 2.45) is 5.73 Å². The number of benzene rings is 3. The van der Waals surface area contributed by atoms with Crippen molar-refractivity contribution < 1.29 is 9.84 Å². The van der Waals surface area contributed by atoms with Crippen LogP contribution in [0.5, 0.6) is 17.2 Å². The van der Waals surface area contributed by atoms with Gasteiger partial charge < -0.3 is 20.6 Å². The molecule has 0 unspecified atom stereocenters. The second-order valence-corrected chi connectivity index (χ2v) is 7.62. The number of nitrogens with two attached hydrogens (primary N) is 1. The van der Waals surface area contributed by atoms with Gasteiger partial charge in [-0.1, -0.05) is 29.8 Å². The summed E-state index contributed by atoms with van der Waals surface area (Å²) >= 11 is 5.99. The van der Waals surface area contributed by atoms with E-state index in [-0.39, 0.29) is 11.3 Å². The van der Waals surface area contributed by atoms with Crippen LogP contribution in [-0.2, 0) is 6.54 Å². The maximum absolute atomic E-state index is 12.7. The summed E-state index contributed by atoms with van der Waals surface area (Å²) in [6.45, 7) is 4.40. The molecule has 30 heavy (non-hydrogen) atoms. The Morgan fingerprint density at radius 2 is 1.90 bits per heavy atom. The Labute approximate surface area is 178 Å². The molecule has 0 saturated carbocycles. The molecular formula is C24H21ClN2O3. The standard InChI is InChI=1S/C24H21ClN2O3/c1-13-6-9-21(19(12-26)14(13)2)30-17-5-3-4-15(10-17)22-23(28)18-8-7-16(25)11-20(18)27-24(22)29/h3-11H,12,26H2,1-2H3,(H2,27,28,29). The Balaban J connectivity index is 1.79. The molecule has 6 heteroatoms. The van der Waals surface area contributed by atoms with Crippen molar-refractivity contribution in [1.82, 2.24) is 4.98 Å². The topological polar surface area (TPSA) is 88.3 Å². The first-order valence-corrected chi connectivity index (χ1v) is 9.88. The van der Waals surface area contributed by atoms with Crippen molar-refractivity contribution in [2.45, 2.75) is 20.4 Å². The van der Waals surface area contributed by atoms with Crippen molar-refractivity contribution in [1.29, 1.82) is 0 Å². The zero-order valence-corrected chi connectivity index (χ0v) is 17.4. The number of aromatic amines is 1. The number of pyridine rings is 1. The maximum Gasteiger partial charge on any atom is 0.260 e. The van der Waals surface area contributed by atoms with E-state index in [9.17, 15) is 9.90 Å². The Hall–Kier alpha value is -3.28. The largest absolute Gasteiger partial charge is 0.506 e. The van der Waals surface area contributed by atoms with Gasteiger partial charge in [-0.3, -0.25) is 4.79 Å². The Bertz CT molecular complexity index is 1330. The molecule has 0 amide bonds. The quantitative estimate of drug-likeness (QED) is 0.411. The zero-order valence-electron chi connectivity index (χ0n) is 16.6. The number of hydrogen-bond donors (Lipinski definition) is 3. The first-order valence-electron chi connectivity index (χ1n) is 9.51. The molecule has 4 N–H and O–H groups in total. The molecule has 0 radical (unpaired) electrons. The smallest absolute Gasteiger partial charge is 0.260 e. The zero-order chi connectivity index (χ0) is 21.4. The number of H-pyrrole nitrogens is 1. The van der Waals surface area contributed by atoms with Gasteiger partial charge in [0.25, 0.3) is 5.56 Å². The van der Waals surface area contributed by atoms with Gasteiger partial charge in [-0.2, -0.15) is 0 Å². The molecule has 0 aliphatic carbocycles. The number of halogens is 1. The van der Waals surface area contributed by atoms with Gasteiger partial charge in [0.15, 0.2) is 0 Å². The molecule has 0 saturated heterocycles. The lowest BCUT2D eigenvalue weighted by Crippen LogP contribution is -2.09. The normalized spacial score (nSPS) is 11.1. The van der Waals surface area contributed by atoms with Crippen molar-refractivity contribution in [3.05, 3.63) is 86.7 Å². The molecule has 5 nitrogen and oxygen atoms in total. The molecule has 1 aromatic heterocycles. The van der Waals surface area contributed by atoms with E-state index >= 15 is 0 Å². The number of aryl methyl sites for hydroxylation is 1. The minimum Gasteiger partial charge on any atom is -0.506 e. The molecule has 4 rings (SSSR count). The minimum atomic E-state index is -0.409. The van der Waals surface area contributed by atoms with Crippen LogP contribution in [-0.4, -0.2) is 10.1 Å². The second kappa shape index (κ2) is 7.86. The van der Waals surface area contributed by atoms with Gasteiger partial charge in [0.05, 0.1) is 11.1 Å². The lowest BCUT2D eigenvalue weighted by molar-refractivity contribution is 0.475. The molecule has 152 valence electrons. The van der Waals surface area contributed by atoms with E-state index < -0.39 is 5.56 Å². The molecule has 0 fully saturated rings. The summed E-state index contributed by atoms with van der Waals surface area (Å²) in [6.07, 6.45) is 0. The van der Waals surface area contributed by atoms with E-state index in [0.717, 1.165) is 16.7 Å². The van der Waals surface area contributed by atoms with Gasteiger partial charge in [-0.15, -0.1) is 0 Å². The van der Waals surface area contributed by atoms with Gasteiger partial charge in [0.1, 0.15) is 17.2 Å². The highest BCUT2D eigenvalue weighted by Gasteiger charge is 2.16. The fraction of sp³-hybridized carbons (Fsp3) is 0.125. The highest BCUT2D eigenvalue weighted by Crippen LogP contribution is 2.36. The molecule has 1 heterocycles. The Kier molecular flexibility index (Phi) is 5.24. The van der Waals surface area contributed by atoms with Gasteiger partial charge in [0, 0.05) is 22.5 Å².